The molecule has 3 heterocycles. The van der Waals surface area contributed by atoms with Gasteiger partial charge in [-0.05, 0) is 143 Å². The first-order valence-electron chi connectivity index (χ1n) is 18.3. The Bertz CT molecular complexity index is 1710. The molecule has 3 fully saturated rings. The number of aromatic nitrogens is 2. The molecular formula is C38H50F3N7O3. The van der Waals surface area contributed by atoms with Crippen LogP contribution in [0, 0.1) is 18.3 Å². The van der Waals surface area contributed by atoms with E-state index in [1.54, 1.807) is 24.8 Å². The smallest absolute Gasteiger partial charge is 0.416 e. The number of piperidine rings is 2. The summed E-state index contributed by atoms with van der Waals surface area (Å²) in [4.78, 5) is 37.1. The van der Waals surface area contributed by atoms with Crippen molar-refractivity contribution >= 4 is 34.4 Å². The number of benzene rings is 2. The number of alkyl halides is 3. The zero-order chi connectivity index (χ0) is 36.3. The highest BCUT2D eigenvalue weighted by molar-refractivity contribution is 5.90. The standard InChI is InChI=1S/C38H50F3N7O3/c1-24(29-19-30(38(39,40)41)22-31(42)20-29)44-35-32-21-28(3-4-33(32)45-25(2)46-35)27-8-15-47(16-9-27)23-34(49)43-14-7-26-5-10-37(11-6-26)12-17-48(18-13-37)36(50)51/h3-4,19-22,24,26-27H,5-18,23,42H2,1-2H3,(H,43,49)(H,50,51)(H,44,45,46)/t24-/m1/s1. The first-order valence-corrected chi connectivity index (χ1v) is 18.3. The zero-order valence-corrected chi connectivity index (χ0v) is 29.6. The molecule has 1 aliphatic carbocycles. The number of carboxylic acid groups (broad SMARTS) is 1. The van der Waals surface area contributed by atoms with Crippen LogP contribution in [0.5, 0.6) is 0 Å². The third-order valence-electron chi connectivity index (χ3n) is 11.6. The Morgan fingerprint density at radius 3 is 2.37 bits per heavy atom. The molecule has 1 atom stereocenters. The van der Waals surface area contributed by atoms with E-state index in [0.29, 0.717) is 60.6 Å². The van der Waals surface area contributed by atoms with Gasteiger partial charge in [-0.1, -0.05) is 6.07 Å². The molecule has 2 saturated heterocycles. The molecule has 1 saturated carbocycles. The first kappa shape index (κ1) is 36.7. The van der Waals surface area contributed by atoms with Gasteiger partial charge in [0.15, 0.2) is 0 Å². The van der Waals surface area contributed by atoms with Gasteiger partial charge in [0.2, 0.25) is 5.91 Å². The molecule has 3 aromatic rings. The molecule has 0 unspecified atom stereocenters. The van der Waals surface area contributed by atoms with Gasteiger partial charge in [0.1, 0.15) is 11.6 Å². The summed E-state index contributed by atoms with van der Waals surface area (Å²) in [5, 5.41) is 16.5. The third kappa shape index (κ3) is 9.03. The molecular weight excluding hydrogens is 659 g/mol. The van der Waals surface area contributed by atoms with E-state index < -0.39 is 23.9 Å². The van der Waals surface area contributed by atoms with Gasteiger partial charge in [0.25, 0.3) is 0 Å². The summed E-state index contributed by atoms with van der Waals surface area (Å²) in [7, 11) is 0. The van der Waals surface area contributed by atoms with Crippen LogP contribution in [0.3, 0.4) is 0 Å². The lowest BCUT2D eigenvalue weighted by atomic mass is 9.65. The zero-order valence-electron chi connectivity index (χ0n) is 29.6. The van der Waals surface area contributed by atoms with Crippen LogP contribution in [-0.4, -0.2) is 76.1 Å². The molecule has 6 rings (SSSR count). The van der Waals surface area contributed by atoms with Crippen LogP contribution >= 0.6 is 0 Å². The van der Waals surface area contributed by atoms with E-state index in [4.69, 9.17) is 5.73 Å². The number of likely N-dealkylation sites (tertiary alicyclic amines) is 2. The van der Waals surface area contributed by atoms with Crippen molar-refractivity contribution in [2.24, 2.45) is 11.3 Å². The van der Waals surface area contributed by atoms with Gasteiger partial charge in [-0.15, -0.1) is 0 Å². The molecule has 10 nitrogen and oxygen atoms in total. The van der Waals surface area contributed by atoms with Crippen molar-refractivity contribution in [3.63, 3.8) is 0 Å². The van der Waals surface area contributed by atoms with E-state index in [1.807, 2.05) is 6.07 Å². The number of carbonyl (C=O) groups excluding carboxylic acids is 1. The Morgan fingerprint density at radius 2 is 1.71 bits per heavy atom. The lowest BCUT2D eigenvalue weighted by Crippen LogP contribution is -2.44. The topological polar surface area (TPSA) is 137 Å². The maximum Gasteiger partial charge on any atom is 0.416 e. The Morgan fingerprint density at radius 1 is 1.00 bits per heavy atom. The van der Waals surface area contributed by atoms with Crippen LogP contribution < -0.4 is 16.4 Å². The summed E-state index contributed by atoms with van der Waals surface area (Å²) in [5.41, 5.74) is 7.72. The van der Waals surface area contributed by atoms with Gasteiger partial charge in [-0.25, -0.2) is 14.8 Å². The number of nitrogens with one attached hydrogen (secondary N) is 2. The second-order valence-corrected chi connectivity index (χ2v) is 15.1. The van der Waals surface area contributed by atoms with Crippen LogP contribution in [0.2, 0.25) is 0 Å². The Balaban J connectivity index is 0.978. The Kier molecular flexibility index (Phi) is 10.9. The summed E-state index contributed by atoms with van der Waals surface area (Å²) in [5.74, 6) is 2.09. The second-order valence-electron chi connectivity index (χ2n) is 15.1. The molecule has 2 aromatic carbocycles. The van der Waals surface area contributed by atoms with Crippen LogP contribution in [0.1, 0.15) is 99.2 Å². The third-order valence-corrected chi connectivity index (χ3v) is 11.6. The maximum atomic E-state index is 13.5. The molecule has 2 aliphatic heterocycles. The van der Waals surface area contributed by atoms with Crippen molar-refractivity contribution in [1.29, 1.82) is 0 Å². The fraction of sp³-hybridized carbons (Fsp3) is 0.579. The van der Waals surface area contributed by atoms with Gasteiger partial charge in [-0.3, -0.25) is 9.69 Å². The van der Waals surface area contributed by atoms with E-state index in [2.05, 4.69) is 37.6 Å². The number of nitrogen functional groups attached to an aromatic ring is 1. The van der Waals surface area contributed by atoms with Crippen LogP contribution in [0.15, 0.2) is 36.4 Å². The minimum absolute atomic E-state index is 0.0507. The predicted octanol–water partition coefficient (Wildman–Crippen LogP) is 7.35. The molecule has 0 bridgehead atoms. The average Bonchev–Trinajstić information content (AvgIpc) is 3.09. The highest BCUT2D eigenvalue weighted by Crippen LogP contribution is 2.47. The second kappa shape index (κ2) is 15.2. The summed E-state index contributed by atoms with van der Waals surface area (Å²) in [6.07, 6.45) is 4.04. The summed E-state index contributed by atoms with van der Waals surface area (Å²) < 4.78 is 40.4. The largest absolute Gasteiger partial charge is 0.465 e. The average molecular weight is 710 g/mol. The van der Waals surface area contributed by atoms with E-state index in [0.717, 1.165) is 99.5 Å². The lowest BCUT2D eigenvalue weighted by molar-refractivity contribution is -0.137. The monoisotopic (exact) mass is 709 g/mol. The normalized spacial score (nSPS) is 19.7. The lowest BCUT2D eigenvalue weighted by Gasteiger charge is -2.45. The van der Waals surface area contributed by atoms with Crippen molar-refractivity contribution in [3.8, 4) is 0 Å². The molecule has 276 valence electrons. The molecule has 51 heavy (non-hydrogen) atoms. The number of fused-ring (bicyclic) bond motifs is 1. The molecule has 5 N–H and O–H groups in total. The number of halogens is 3. The highest BCUT2D eigenvalue weighted by Gasteiger charge is 2.39. The predicted molar refractivity (Wildman–Crippen MR) is 191 cm³/mol. The number of hydrogen-bond donors (Lipinski definition) is 4. The van der Waals surface area contributed by atoms with Gasteiger partial charge in [0.05, 0.1) is 23.7 Å². The number of aryl methyl sites for hydroxylation is 1. The fourth-order valence-electron chi connectivity index (χ4n) is 8.35. The molecule has 1 spiro atoms. The van der Waals surface area contributed by atoms with Crippen molar-refractivity contribution in [2.75, 3.05) is 50.3 Å². The number of carbonyl (C=O) groups is 2. The SMILES string of the molecule is Cc1nc(N[C@H](C)c2cc(N)cc(C(F)(F)F)c2)c2cc(C3CCN(CC(=O)NCCC4CCC5(CC4)CCN(C(=O)O)CC5)CC3)ccc2n1. The highest BCUT2D eigenvalue weighted by atomic mass is 19.4. The molecule has 3 aliphatic rings. The van der Waals surface area contributed by atoms with Gasteiger partial charge in [0, 0.05) is 30.7 Å². The summed E-state index contributed by atoms with van der Waals surface area (Å²) in [6.45, 7) is 7.56. The van der Waals surface area contributed by atoms with Crippen molar-refractivity contribution in [1.82, 2.24) is 25.1 Å². The van der Waals surface area contributed by atoms with E-state index >= 15 is 0 Å². The fourth-order valence-corrected chi connectivity index (χ4v) is 8.35. The van der Waals surface area contributed by atoms with Crippen LogP contribution in [-0.2, 0) is 11.0 Å². The first-order chi connectivity index (χ1) is 24.3. The summed E-state index contributed by atoms with van der Waals surface area (Å²) >= 11 is 0. The van der Waals surface area contributed by atoms with Crippen molar-refractivity contribution < 1.29 is 27.9 Å². The molecule has 1 aromatic heterocycles. The Hall–Kier alpha value is -4.13. The van der Waals surface area contributed by atoms with Gasteiger partial charge in [-0.2, -0.15) is 13.2 Å². The molecule has 0 radical (unpaired) electrons. The minimum Gasteiger partial charge on any atom is -0.465 e. The van der Waals surface area contributed by atoms with Crippen molar-refractivity contribution in [3.05, 3.63) is 58.9 Å². The van der Waals surface area contributed by atoms with E-state index in [1.165, 1.54) is 0 Å². The quantitative estimate of drug-likeness (QED) is 0.169. The summed E-state index contributed by atoms with van der Waals surface area (Å²) in [6, 6.07) is 9.27. The van der Waals surface area contributed by atoms with E-state index in [9.17, 15) is 27.9 Å². The van der Waals surface area contributed by atoms with Crippen LogP contribution in [0.25, 0.3) is 10.9 Å². The maximum absolute atomic E-state index is 13.5. The Labute approximate surface area is 297 Å². The van der Waals surface area contributed by atoms with Crippen molar-refractivity contribution in [2.45, 2.75) is 89.8 Å². The number of rotatable bonds is 9. The van der Waals surface area contributed by atoms with Crippen LogP contribution in [0.4, 0.5) is 29.5 Å². The van der Waals surface area contributed by atoms with Gasteiger partial charge < -0.3 is 26.4 Å². The van der Waals surface area contributed by atoms with E-state index in [-0.39, 0.29) is 11.6 Å². The molecule has 2 amide bonds. The number of nitrogens with two attached hydrogens (primary N) is 1. The number of amides is 2. The minimum atomic E-state index is -4.50. The number of anilines is 2. The van der Waals surface area contributed by atoms with Gasteiger partial charge >= 0.3 is 12.3 Å². The number of hydrogen-bond acceptors (Lipinski definition) is 7. The molecule has 13 heteroatoms. The number of nitrogens with zero attached hydrogens (tertiary/aromatic N) is 4.